The van der Waals surface area contributed by atoms with E-state index < -0.39 is 16.5 Å². The van der Waals surface area contributed by atoms with E-state index in [0.29, 0.717) is 12.8 Å². The van der Waals surface area contributed by atoms with Crippen LogP contribution in [-0.4, -0.2) is 14.8 Å². The Morgan fingerprint density at radius 2 is 1.93 bits per heavy atom. The van der Waals surface area contributed by atoms with E-state index in [0.717, 1.165) is 6.42 Å². The lowest BCUT2D eigenvalue weighted by Crippen LogP contribution is -2.21. The number of allylic oxidation sites excluding steroid dienone is 2. The van der Waals surface area contributed by atoms with Gasteiger partial charge in [0.25, 0.3) is 10.1 Å². The molecule has 0 aromatic heterocycles. The van der Waals surface area contributed by atoms with Crippen LogP contribution in [0.3, 0.4) is 0 Å². The van der Waals surface area contributed by atoms with Gasteiger partial charge in [0.15, 0.2) is 0 Å². The molecule has 0 aromatic carbocycles. The molecule has 0 saturated heterocycles. The second-order valence-corrected chi connectivity index (χ2v) is 4.50. The highest BCUT2D eigenvalue weighted by Gasteiger charge is 2.38. The number of hydrogen-bond donors (Lipinski definition) is 0. The van der Waals surface area contributed by atoms with Crippen molar-refractivity contribution in [2.24, 2.45) is 0 Å². The van der Waals surface area contributed by atoms with Gasteiger partial charge in [0.05, 0.1) is 4.91 Å². The Morgan fingerprint density at radius 1 is 1.29 bits per heavy atom. The molecule has 1 aliphatic rings. The number of alkyl halides is 3. The van der Waals surface area contributed by atoms with E-state index in [1.54, 1.807) is 0 Å². The quantitative estimate of drug-likeness (QED) is 0.684. The van der Waals surface area contributed by atoms with Crippen molar-refractivity contribution in [3.05, 3.63) is 11.0 Å². The lowest BCUT2D eigenvalue weighted by atomic mass is 10.1. The van der Waals surface area contributed by atoms with Gasteiger partial charge in [-0.15, -0.1) is 13.2 Å². The fraction of sp³-hybridized carbons (Fsp3) is 0.714. The summed E-state index contributed by atoms with van der Waals surface area (Å²) in [4.78, 5) is -0.263. The molecular formula is C7H9F3O3S. The zero-order chi connectivity index (χ0) is 10.8. The minimum Gasteiger partial charge on any atom is -0.194 e. The Balaban J connectivity index is 2.80. The third-order valence-electron chi connectivity index (χ3n) is 1.77. The van der Waals surface area contributed by atoms with Crippen LogP contribution in [0.1, 0.15) is 25.7 Å². The summed E-state index contributed by atoms with van der Waals surface area (Å²) in [6, 6.07) is 0. The molecule has 82 valence electrons. The molecule has 0 bridgehead atoms. The maximum atomic E-state index is 11.7. The van der Waals surface area contributed by atoms with Crippen LogP contribution in [0, 0.1) is 0 Å². The zero-order valence-corrected chi connectivity index (χ0v) is 7.99. The maximum absolute atomic E-state index is 11.7. The van der Waals surface area contributed by atoms with Gasteiger partial charge in [0.2, 0.25) is 0 Å². The Hall–Kier alpha value is -0.560. The molecule has 0 amide bonds. The summed E-state index contributed by atoms with van der Waals surface area (Å²) in [6.07, 6.45) is -1.88. The fourth-order valence-corrected chi connectivity index (χ4v) is 2.29. The number of rotatable bonds is 2. The molecule has 0 radical (unpaired) electrons. The zero-order valence-electron chi connectivity index (χ0n) is 7.17. The maximum Gasteiger partial charge on any atom is 0.537 e. The van der Waals surface area contributed by atoms with Crippen LogP contribution in [-0.2, 0) is 14.3 Å². The second-order valence-electron chi connectivity index (χ2n) is 2.90. The first-order chi connectivity index (χ1) is 6.31. The molecule has 14 heavy (non-hydrogen) atoms. The summed E-state index contributed by atoms with van der Waals surface area (Å²) in [5.41, 5.74) is 0. The monoisotopic (exact) mass is 230 g/mol. The van der Waals surface area contributed by atoms with E-state index >= 15 is 0 Å². The third-order valence-corrected chi connectivity index (χ3v) is 3.20. The summed E-state index contributed by atoms with van der Waals surface area (Å²) < 4.78 is 60.1. The van der Waals surface area contributed by atoms with Crippen molar-refractivity contribution in [3.8, 4) is 0 Å². The molecule has 1 rings (SSSR count). The van der Waals surface area contributed by atoms with E-state index in [2.05, 4.69) is 4.18 Å². The van der Waals surface area contributed by atoms with Crippen LogP contribution in [0.5, 0.6) is 0 Å². The third kappa shape index (κ3) is 3.30. The highest BCUT2D eigenvalue weighted by molar-refractivity contribution is 7.90. The molecule has 0 aliphatic heterocycles. The number of hydrogen-bond acceptors (Lipinski definition) is 3. The van der Waals surface area contributed by atoms with E-state index in [4.69, 9.17) is 0 Å². The summed E-state index contributed by atoms with van der Waals surface area (Å²) in [7, 11) is -4.60. The van der Waals surface area contributed by atoms with Gasteiger partial charge in [-0.2, -0.15) is 12.6 Å². The van der Waals surface area contributed by atoms with Gasteiger partial charge in [-0.3, -0.25) is 0 Å². The van der Waals surface area contributed by atoms with Crippen molar-refractivity contribution in [2.75, 3.05) is 0 Å². The summed E-state index contributed by atoms with van der Waals surface area (Å²) in [6.45, 7) is 0. The largest absolute Gasteiger partial charge is 0.537 e. The molecule has 0 saturated carbocycles. The summed E-state index contributed by atoms with van der Waals surface area (Å²) in [5, 5.41) is 0. The van der Waals surface area contributed by atoms with Gasteiger partial charge in [0.1, 0.15) is 0 Å². The standard InChI is InChI=1S/C7H9F3O3S/c8-7(9,10)13-14(11,12)6-4-2-1-3-5-6/h4H,1-3,5H2. The molecule has 1 aliphatic carbocycles. The van der Waals surface area contributed by atoms with Crippen LogP contribution in [0.4, 0.5) is 13.2 Å². The van der Waals surface area contributed by atoms with Crippen LogP contribution >= 0.6 is 0 Å². The molecule has 0 atom stereocenters. The smallest absolute Gasteiger partial charge is 0.194 e. The van der Waals surface area contributed by atoms with Gasteiger partial charge in [-0.05, 0) is 25.7 Å². The Labute approximate surface area is 79.7 Å². The number of halogens is 3. The molecule has 0 unspecified atom stereocenters. The van der Waals surface area contributed by atoms with E-state index in [1.165, 1.54) is 6.08 Å². The molecule has 0 spiro atoms. The lowest BCUT2D eigenvalue weighted by molar-refractivity contribution is -0.271. The molecular weight excluding hydrogens is 221 g/mol. The van der Waals surface area contributed by atoms with Crippen molar-refractivity contribution >= 4 is 10.1 Å². The first-order valence-electron chi connectivity index (χ1n) is 4.03. The lowest BCUT2D eigenvalue weighted by Gasteiger charge is -2.13. The van der Waals surface area contributed by atoms with Gasteiger partial charge in [0, 0.05) is 0 Å². The average molecular weight is 230 g/mol. The first-order valence-corrected chi connectivity index (χ1v) is 5.43. The summed E-state index contributed by atoms with van der Waals surface area (Å²) in [5.74, 6) is 0. The van der Waals surface area contributed by atoms with Gasteiger partial charge < -0.3 is 0 Å². The van der Waals surface area contributed by atoms with Crippen molar-refractivity contribution in [3.63, 3.8) is 0 Å². The minimum absolute atomic E-state index is 0.123. The van der Waals surface area contributed by atoms with Crippen LogP contribution in [0.15, 0.2) is 11.0 Å². The SMILES string of the molecule is O=S(=O)(OC(F)(F)F)C1=CCCCC1. The molecule has 7 heteroatoms. The van der Waals surface area contributed by atoms with Gasteiger partial charge >= 0.3 is 6.36 Å². The van der Waals surface area contributed by atoms with Crippen molar-refractivity contribution in [2.45, 2.75) is 32.0 Å². The topological polar surface area (TPSA) is 43.4 Å². The Kier molecular flexibility index (Phi) is 3.20. The highest BCUT2D eigenvalue weighted by atomic mass is 32.2. The molecule has 0 heterocycles. The summed E-state index contributed by atoms with van der Waals surface area (Å²) >= 11 is 0. The van der Waals surface area contributed by atoms with Crippen LogP contribution in [0.2, 0.25) is 0 Å². The Morgan fingerprint density at radius 3 is 2.36 bits per heavy atom. The van der Waals surface area contributed by atoms with Crippen LogP contribution in [0.25, 0.3) is 0 Å². The van der Waals surface area contributed by atoms with Crippen molar-refractivity contribution in [1.29, 1.82) is 0 Å². The predicted molar refractivity (Wildman–Crippen MR) is 42.6 cm³/mol. The minimum atomic E-state index is -5.14. The van der Waals surface area contributed by atoms with Gasteiger partial charge in [-0.1, -0.05) is 6.08 Å². The molecule has 3 nitrogen and oxygen atoms in total. The van der Waals surface area contributed by atoms with E-state index in [1.807, 2.05) is 0 Å². The second kappa shape index (κ2) is 3.90. The fourth-order valence-electron chi connectivity index (χ4n) is 1.21. The first kappa shape index (κ1) is 11.5. The molecule has 0 fully saturated rings. The average Bonchev–Trinajstić information content (AvgIpc) is 2.01. The molecule has 0 aromatic rings. The van der Waals surface area contributed by atoms with E-state index in [9.17, 15) is 21.6 Å². The normalized spacial score (nSPS) is 19.2. The van der Waals surface area contributed by atoms with Crippen molar-refractivity contribution < 1.29 is 25.8 Å². The van der Waals surface area contributed by atoms with Crippen LogP contribution < -0.4 is 0 Å². The van der Waals surface area contributed by atoms with Gasteiger partial charge in [-0.25, -0.2) is 0 Å². The predicted octanol–water partition coefficient (Wildman–Crippen LogP) is 2.31. The Bertz CT molecular complexity index is 329. The van der Waals surface area contributed by atoms with E-state index in [-0.39, 0.29) is 11.3 Å². The molecule has 0 N–H and O–H groups in total. The highest BCUT2D eigenvalue weighted by Crippen LogP contribution is 2.28. The van der Waals surface area contributed by atoms with Crippen molar-refractivity contribution in [1.82, 2.24) is 0 Å².